The summed E-state index contributed by atoms with van der Waals surface area (Å²) in [5.74, 6) is 0.833. The van der Waals surface area contributed by atoms with E-state index >= 15 is 0 Å². The molecule has 0 aliphatic rings. The van der Waals surface area contributed by atoms with E-state index in [1.807, 2.05) is 25.4 Å². The van der Waals surface area contributed by atoms with Crippen molar-refractivity contribution in [1.29, 1.82) is 0 Å². The number of anilines is 1. The van der Waals surface area contributed by atoms with Crippen LogP contribution in [0.5, 0.6) is 0 Å². The molecule has 2 rings (SSSR count). The molecule has 0 aliphatic carbocycles. The highest BCUT2D eigenvalue weighted by Crippen LogP contribution is 2.07. The van der Waals surface area contributed by atoms with Gasteiger partial charge in [-0.15, -0.1) is 11.3 Å². The number of aryl methyl sites for hydroxylation is 2. The Morgan fingerprint density at radius 1 is 1.25 bits per heavy atom. The monoisotopic (exact) mass is 234 g/mol. The molecule has 0 fully saturated rings. The molecule has 0 spiro atoms. The lowest BCUT2D eigenvalue weighted by Crippen LogP contribution is -2.07. The second-order valence-electron chi connectivity index (χ2n) is 3.53. The normalized spacial score (nSPS) is 10.4. The molecular weight excluding hydrogens is 220 g/mol. The van der Waals surface area contributed by atoms with E-state index in [2.05, 4.69) is 20.3 Å². The van der Waals surface area contributed by atoms with Crippen LogP contribution >= 0.6 is 11.3 Å². The first kappa shape index (κ1) is 11.0. The van der Waals surface area contributed by atoms with Crippen molar-refractivity contribution in [3.63, 3.8) is 0 Å². The van der Waals surface area contributed by atoms with Crippen LogP contribution in [0.3, 0.4) is 0 Å². The number of thiazole rings is 1. The van der Waals surface area contributed by atoms with Gasteiger partial charge >= 0.3 is 0 Å². The van der Waals surface area contributed by atoms with Gasteiger partial charge in [0.15, 0.2) is 0 Å². The molecule has 2 heterocycles. The van der Waals surface area contributed by atoms with Crippen molar-refractivity contribution in [2.45, 2.75) is 20.3 Å². The lowest BCUT2D eigenvalue weighted by molar-refractivity contribution is 0.966. The summed E-state index contributed by atoms with van der Waals surface area (Å²) in [5.41, 5.74) is 1.95. The van der Waals surface area contributed by atoms with E-state index in [-0.39, 0.29) is 0 Å². The van der Waals surface area contributed by atoms with E-state index in [4.69, 9.17) is 0 Å². The van der Waals surface area contributed by atoms with Gasteiger partial charge in [-0.05, 0) is 13.8 Å². The Bertz CT molecular complexity index is 453. The highest BCUT2D eigenvalue weighted by molar-refractivity contribution is 7.09. The molecular formula is C11H14N4S. The molecule has 0 radical (unpaired) electrons. The van der Waals surface area contributed by atoms with E-state index in [1.54, 1.807) is 17.5 Å². The molecule has 0 saturated carbocycles. The third-order valence-corrected chi connectivity index (χ3v) is 3.16. The number of nitrogens with one attached hydrogen (secondary N) is 1. The molecule has 84 valence electrons. The minimum atomic E-state index is 0.833. The van der Waals surface area contributed by atoms with E-state index in [1.165, 1.54) is 0 Å². The number of nitrogens with zero attached hydrogens (tertiary/aromatic N) is 3. The SMILES string of the molecule is Cc1ncc(NCCc2nccs2)nc1C. The molecule has 4 nitrogen and oxygen atoms in total. The highest BCUT2D eigenvalue weighted by Gasteiger charge is 1.99. The average molecular weight is 234 g/mol. The lowest BCUT2D eigenvalue weighted by atomic mass is 10.3. The van der Waals surface area contributed by atoms with Crippen LogP contribution in [0.15, 0.2) is 17.8 Å². The van der Waals surface area contributed by atoms with Crippen molar-refractivity contribution in [1.82, 2.24) is 15.0 Å². The van der Waals surface area contributed by atoms with Crippen LogP contribution in [0.25, 0.3) is 0 Å². The van der Waals surface area contributed by atoms with Crippen LogP contribution in [0, 0.1) is 13.8 Å². The molecule has 1 N–H and O–H groups in total. The minimum absolute atomic E-state index is 0.833. The maximum absolute atomic E-state index is 4.40. The smallest absolute Gasteiger partial charge is 0.144 e. The summed E-state index contributed by atoms with van der Waals surface area (Å²) in [6, 6.07) is 0. The summed E-state index contributed by atoms with van der Waals surface area (Å²) >= 11 is 1.68. The molecule has 0 amide bonds. The van der Waals surface area contributed by atoms with Crippen molar-refractivity contribution in [3.8, 4) is 0 Å². The Labute approximate surface area is 98.8 Å². The van der Waals surface area contributed by atoms with E-state index in [0.717, 1.165) is 35.2 Å². The minimum Gasteiger partial charge on any atom is -0.368 e. The molecule has 2 aromatic rings. The largest absolute Gasteiger partial charge is 0.368 e. The second kappa shape index (κ2) is 5.03. The first-order valence-electron chi connectivity index (χ1n) is 5.18. The van der Waals surface area contributed by atoms with Gasteiger partial charge in [0.1, 0.15) is 5.82 Å². The first-order valence-corrected chi connectivity index (χ1v) is 6.06. The van der Waals surface area contributed by atoms with Crippen LogP contribution in [0.2, 0.25) is 0 Å². The predicted molar refractivity (Wildman–Crippen MR) is 65.8 cm³/mol. The second-order valence-corrected chi connectivity index (χ2v) is 4.51. The van der Waals surface area contributed by atoms with Gasteiger partial charge in [0.2, 0.25) is 0 Å². The van der Waals surface area contributed by atoms with Crippen LogP contribution < -0.4 is 5.32 Å². The summed E-state index contributed by atoms with van der Waals surface area (Å²) in [4.78, 5) is 12.9. The Balaban J connectivity index is 1.87. The van der Waals surface area contributed by atoms with E-state index < -0.39 is 0 Å². The number of aromatic nitrogens is 3. The van der Waals surface area contributed by atoms with Gasteiger partial charge in [0.25, 0.3) is 0 Å². The van der Waals surface area contributed by atoms with Crippen molar-refractivity contribution >= 4 is 17.2 Å². The lowest BCUT2D eigenvalue weighted by Gasteiger charge is -2.05. The summed E-state index contributed by atoms with van der Waals surface area (Å²) in [6.45, 7) is 4.76. The van der Waals surface area contributed by atoms with E-state index in [9.17, 15) is 0 Å². The quantitative estimate of drug-likeness (QED) is 0.881. The third kappa shape index (κ3) is 2.76. The molecule has 5 heteroatoms. The van der Waals surface area contributed by atoms with Gasteiger partial charge in [-0.25, -0.2) is 9.97 Å². The fourth-order valence-electron chi connectivity index (χ4n) is 1.30. The first-order chi connectivity index (χ1) is 7.75. The maximum atomic E-state index is 4.40. The average Bonchev–Trinajstić information content (AvgIpc) is 2.76. The molecule has 2 aromatic heterocycles. The van der Waals surface area contributed by atoms with Crippen molar-refractivity contribution in [2.24, 2.45) is 0 Å². The number of hydrogen-bond donors (Lipinski definition) is 1. The van der Waals surface area contributed by atoms with Crippen molar-refractivity contribution < 1.29 is 0 Å². The highest BCUT2D eigenvalue weighted by atomic mass is 32.1. The molecule has 0 saturated heterocycles. The zero-order valence-electron chi connectivity index (χ0n) is 9.40. The van der Waals surface area contributed by atoms with Gasteiger partial charge in [0.05, 0.1) is 22.6 Å². The van der Waals surface area contributed by atoms with Crippen molar-refractivity contribution in [2.75, 3.05) is 11.9 Å². The Hall–Kier alpha value is -1.49. The number of rotatable bonds is 4. The molecule has 0 aliphatic heterocycles. The Morgan fingerprint density at radius 3 is 2.81 bits per heavy atom. The van der Waals surface area contributed by atoms with Crippen LogP contribution in [-0.4, -0.2) is 21.5 Å². The van der Waals surface area contributed by atoms with Crippen LogP contribution in [0.4, 0.5) is 5.82 Å². The number of hydrogen-bond acceptors (Lipinski definition) is 5. The standard InChI is InChI=1S/C11H14N4S/c1-8-9(2)15-10(7-14-8)12-4-3-11-13-5-6-16-11/h5-7H,3-4H2,1-2H3,(H,12,15). The van der Waals surface area contributed by atoms with Crippen LogP contribution in [0.1, 0.15) is 16.4 Å². The fraction of sp³-hybridized carbons (Fsp3) is 0.364. The maximum Gasteiger partial charge on any atom is 0.144 e. The third-order valence-electron chi connectivity index (χ3n) is 2.32. The topological polar surface area (TPSA) is 50.7 Å². The van der Waals surface area contributed by atoms with Gasteiger partial charge < -0.3 is 5.32 Å². The Morgan fingerprint density at radius 2 is 2.12 bits per heavy atom. The molecule has 0 bridgehead atoms. The molecule has 0 aromatic carbocycles. The summed E-state index contributed by atoms with van der Waals surface area (Å²) in [5, 5.41) is 6.38. The fourth-order valence-corrected chi connectivity index (χ4v) is 1.92. The van der Waals surface area contributed by atoms with Gasteiger partial charge in [-0.3, -0.25) is 4.98 Å². The molecule has 0 unspecified atom stereocenters. The zero-order valence-corrected chi connectivity index (χ0v) is 10.2. The molecule has 0 atom stereocenters. The zero-order chi connectivity index (χ0) is 11.4. The molecule has 16 heavy (non-hydrogen) atoms. The van der Waals surface area contributed by atoms with Gasteiger partial charge in [-0.2, -0.15) is 0 Å². The van der Waals surface area contributed by atoms with Crippen molar-refractivity contribution in [3.05, 3.63) is 34.2 Å². The summed E-state index contributed by atoms with van der Waals surface area (Å²) in [6.07, 6.45) is 4.52. The van der Waals surface area contributed by atoms with Gasteiger partial charge in [-0.1, -0.05) is 0 Å². The van der Waals surface area contributed by atoms with Crippen LogP contribution in [-0.2, 0) is 6.42 Å². The van der Waals surface area contributed by atoms with E-state index in [0.29, 0.717) is 0 Å². The predicted octanol–water partition coefficient (Wildman–Crippen LogP) is 2.20. The summed E-state index contributed by atoms with van der Waals surface area (Å²) in [7, 11) is 0. The van der Waals surface area contributed by atoms with Gasteiger partial charge in [0, 0.05) is 24.5 Å². The summed E-state index contributed by atoms with van der Waals surface area (Å²) < 4.78 is 0. The Kier molecular flexibility index (Phi) is 3.46.